The number of ether oxygens (including phenoxy) is 1. The molecule has 4 rings (SSSR count). The van der Waals surface area contributed by atoms with Gasteiger partial charge < -0.3 is 19.5 Å². The number of aryl methyl sites for hydroxylation is 2. The number of fused-ring (bicyclic) bond motifs is 1. The zero-order valence-corrected chi connectivity index (χ0v) is 22.0. The lowest BCUT2D eigenvalue weighted by atomic mass is 10.1. The van der Waals surface area contributed by atoms with Crippen molar-refractivity contribution in [3.8, 4) is 5.75 Å². The minimum atomic E-state index is -0.192. The van der Waals surface area contributed by atoms with Crippen LogP contribution in [0.3, 0.4) is 0 Å². The Labute approximate surface area is 213 Å². The molecule has 1 aliphatic heterocycles. The summed E-state index contributed by atoms with van der Waals surface area (Å²) in [7, 11) is 1.88. The van der Waals surface area contributed by atoms with Gasteiger partial charge in [0.2, 0.25) is 0 Å². The van der Waals surface area contributed by atoms with Crippen molar-refractivity contribution in [2.24, 2.45) is 7.05 Å². The molecule has 2 aromatic heterocycles. The molecule has 7 nitrogen and oxygen atoms in total. The zero-order valence-electron chi connectivity index (χ0n) is 22.0. The van der Waals surface area contributed by atoms with Gasteiger partial charge in [0.15, 0.2) is 11.5 Å². The molecule has 0 saturated carbocycles. The van der Waals surface area contributed by atoms with Gasteiger partial charge in [-0.25, -0.2) is 4.98 Å². The molecule has 0 unspecified atom stereocenters. The third-order valence-corrected chi connectivity index (χ3v) is 6.76. The van der Waals surface area contributed by atoms with Crippen LogP contribution in [0.25, 0.3) is 11.0 Å². The number of unbranched alkanes of at least 4 members (excludes halogenated alkanes) is 1. The first-order chi connectivity index (χ1) is 17.4. The Kier molecular flexibility index (Phi) is 8.41. The predicted octanol–water partition coefficient (Wildman–Crippen LogP) is 5.62. The van der Waals surface area contributed by atoms with Crippen LogP contribution < -0.4 is 10.1 Å². The van der Waals surface area contributed by atoms with E-state index >= 15 is 0 Å². The smallest absolute Gasteiger partial charge is 0.255 e. The summed E-state index contributed by atoms with van der Waals surface area (Å²) in [6.45, 7) is 9.33. The molecule has 1 N–H and O–H groups in total. The Morgan fingerprint density at radius 1 is 1.11 bits per heavy atom. The standard InChI is InChI=1S/C29H38N4O3/c1-5-23-24(31-29(35)21-13-7-6-8-14-21)19-22-27(36-20(2)3)26(32(4)28(22)30-23)25(34)15-9-10-16-33-17-11-12-18-33/h6-8,13-14,19-20H,5,9-12,15-18H2,1-4H3,(H,31,35). The van der Waals surface area contributed by atoms with Crippen molar-refractivity contribution in [1.82, 2.24) is 14.5 Å². The molecule has 1 fully saturated rings. The van der Waals surface area contributed by atoms with E-state index in [0.29, 0.717) is 41.2 Å². The largest absolute Gasteiger partial charge is 0.488 e. The lowest BCUT2D eigenvalue weighted by Crippen LogP contribution is -2.20. The van der Waals surface area contributed by atoms with Gasteiger partial charge in [-0.3, -0.25) is 9.59 Å². The first-order valence-corrected chi connectivity index (χ1v) is 13.2. The molecule has 0 spiro atoms. The van der Waals surface area contributed by atoms with Crippen LogP contribution in [0.2, 0.25) is 0 Å². The number of rotatable bonds is 11. The normalized spacial score (nSPS) is 14.0. The van der Waals surface area contributed by atoms with E-state index in [1.165, 1.54) is 25.9 Å². The second kappa shape index (κ2) is 11.7. The number of benzene rings is 1. The van der Waals surface area contributed by atoms with Crippen LogP contribution >= 0.6 is 0 Å². The van der Waals surface area contributed by atoms with E-state index < -0.39 is 0 Å². The van der Waals surface area contributed by atoms with Gasteiger partial charge in [0, 0.05) is 19.0 Å². The summed E-state index contributed by atoms with van der Waals surface area (Å²) in [4.78, 5) is 33.6. The first-order valence-electron chi connectivity index (χ1n) is 13.2. The highest BCUT2D eigenvalue weighted by Gasteiger charge is 2.26. The molecule has 1 aliphatic rings. The summed E-state index contributed by atoms with van der Waals surface area (Å²) in [5, 5.41) is 3.76. The Bertz CT molecular complexity index is 1210. The molecule has 1 aromatic carbocycles. The van der Waals surface area contributed by atoms with Crippen molar-refractivity contribution in [1.29, 1.82) is 0 Å². The molecule has 1 amide bonds. The van der Waals surface area contributed by atoms with Crippen molar-refractivity contribution in [2.75, 3.05) is 25.0 Å². The van der Waals surface area contributed by atoms with E-state index in [-0.39, 0.29) is 17.8 Å². The van der Waals surface area contributed by atoms with E-state index in [1.807, 2.05) is 56.7 Å². The molecule has 3 heterocycles. The highest BCUT2D eigenvalue weighted by molar-refractivity contribution is 6.08. The van der Waals surface area contributed by atoms with E-state index in [1.54, 1.807) is 12.1 Å². The van der Waals surface area contributed by atoms with Crippen LogP contribution in [-0.2, 0) is 13.5 Å². The molecule has 0 bridgehead atoms. The fourth-order valence-corrected chi connectivity index (χ4v) is 4.93. The van der Waals surface area contributed by atoms with Gasteiger partial charge in [-0.2, -0.15) is 0 Å². The number of ketones is 1. The average Bonchev–Trinajstić information content (AvgIpc) is 3.48. The number of carbonyl (C=O) groups is 2. The summed E-state index contributed by atoms with van der Waals surface area (Å²) >= 11 is 0. The maximum Gasteiger partial charge on any atom is 0.255 e. The van der Waals surface area contributed by atoms with Crippen molar-refractivity contribution < 1.29 is 14.3 Å². The highest BCUT2D eigenvalue weighted by Crippen LogP contribution is 2.36. The molecule has 3 aromatic rings. The minimum absolute atomic E-state index is 0.0699. The number of hydrogen-bond acceptors (Lipinski definition) is 5. The van der Waals surface area contributed by atoms with Gasteiger partial charge in [0.05, 0.1) is 22.9 Å². The lowest BCUT2D eigenvalue weighted by molar-refractivity contribution is 0.0963. The van der Waals surface area contributed by atoms with Crippen molar-refractivity contribution >= 4 is 28.4 Å². The fraction of sp³-hybridized carbons (Fsp3) is 0.483. The van der Waals surface area contributed by atoms with Crippen molar-refractivity contribution in [2.45, 2.75) is 65.4 Å². The van der Waals surface area contributed by atoms with Gasteiger partial charge in [0.1, 0.15) is 11.3 Å². The number of nitrogens with zero attached hydrogens (tertiary/aromatic N) is 3. The SMILES string of the molecule is CCc1nc2c(cc1NC(=O)c1ccccc1)c(OC(C)C)c(C(=O)CCCCN1CCCC1)n2C. The van der Waals surface area contributed by atoms with Crippen molar-refractivity contribution in [3.63, 3.8) is 0 Å². The maximum atomic E-state index is 13.4. The summed E-state index contributed by atoms with van der Waals surface area (Å²) in [5.74, 6) is 0.431. The van der Waals surface area contributed by atoms with Gasteiger partial charge in [-0.15, -0.1) is 0 Å². The van der Waals surface area contributed by atoms with Crippen LogP contribution in [0.15, 0.2) is 36.4 Å². The first kappa shape index (κ1) is 25.9. The molecule has 192 valence electrons. The van der Waals surface area contributed by atoms with Gasteiger partial charge >= 0.3 is 0 Å². The Morgan fingerprint density at radius 2 is 1.83 bits per heavy atom. The maximum absolute atomic E-state index is 13.4. The molecular formula is C29H38N4O3. The monoisotopic (exact) mass is 490 g/mol. The Balaban J connectivity index is 1.63. The summed E-state index contributed by atoms with van der Waals surface area (Å²) in [6, 6.07) is 11.0. The highest BCUT2D eigenvalue weighted by atomic mass is 16.5. The quantitative estimate of drug-likeness (QED) is 0.279. The third-order valence-electron chi connectivity index (χ3n) is 6.76. The predicted molar refractivity (Wildman–Crippen MR) is 144 cm³/mol. The number of anilines is 1. The van der Waals surface area contributed by atoms with Gasteiger partial charge in [0.25, 0.3) is 5.91 Å². The second-order valence-corrected chi connectivity index (χ2v) is 9.86. The van der Waals surface area contributed by atoms with Crippen LogP contribution in [-0.4, -0.2) is 51.9 Å². The number of likely N-dealkylation sites (tertiary alicyclic amines) is 1. The number of nitrogens with one attached hydrogen (secondary N) is 1. The van der Waals surface area contributed by atoms with Crippen LogP contribution in [0.1, 0.15) is 79.4 Å². The van der Waals surface area contributed by atoms with E-state index in [9.17, 15) is 9.59 Å². The number of amides is 1. The van der Waals surface area contributed by atoms with E-state index in [0.717, 1.165) is 30.5 Å². The van der Waals surface area contributed by atoms with Crippen LogP contribution in [0.5, 0.6) is 5.75 Å². The number of hydrogen-bond donors (Lipinski definition) is 1. The molecule has 1 saturated heterocycles. The molecule has 0 aliphatic carbocycles. The molecule has 0 radical (unpaired) electrons. The topological polar surface area (TPSA) is 76.5 Å². The van der Waals surface area contributed by atoms with Crippen LogP contribution in [0.4, 0.5) is 5.69 Å². The molecule has 7 heteroatoms. The van der Waals surface area contributed by atoms with Gasteiger partial charge in [-0.05, 0) is 83.8 Å². The van der Waals surface area contributed by atoms with E-state index in [4.69, 9.17) is 9.72 Å². The summed E-state index contributed by atoms with van der Waals surface area (Å²) < 4.78 is 8.06. The average molecular weight is 491 g/mol. The van der Waals surface area contributed by atoms with Crippen LogP contribution in [0, 0.1) is 0 Å². The zero-order chi connectivity index (χ0) is 25.7. The van der Waals surface area contributed by atoms with Crippen molar-refractivity contribution in [3.05, 3.63) is 53.3 Å². The second-order valence-electron chi connectivity index (χ2n) is 9.86. The number of Topliss-reactive ketones (excluding diaryl/α,β-unsaturated/α-hetero) is 1. The number of aromatic nitrogens is 2. The lowest BCUT2D eigenvalue weighted by Gasteiger charge is -2.14. The molecular weight excluding hydrogens is 452 g/mol. The third kappa shape index (κ3) is 5.78. The Morgan fingerprint density at radius 3 is 2.50 bits per heavy atom. The van der Waals surface area contributed by atoms with Gasteiger partial charge in [-0.1, -0.05) is 25.1 Å². The minimum Gasteiger partial charge on any atom is -0.488 e. The summed E-state index contributed by atoms with van der Waals surface area (Å²) in [6.07, 6.45) is 5.45. The molecule has 0 atom stereocenters. The fourth-order valence-electron chi connectivity index (χ4n) is 4.93. The Hall–Kier alpha value is -3.19. The number of carbonyl (C=O) groups excluding carboxylic acids is 2. The molecule has 36 heavy (non-hydrogen) atoms. The van der Waals surface area contributed by atoms with E-state index in [2.05, 4.69) is 10.2 Å². The summed E-state index contributed by atoms with van der Waals surface area (Å²) in [5.41, 5.74) is 3.24. The number of pyridine rings is 1.